The maximum atomic E-state index is 10.9. The van der Waals surface area contributed by atoms with Crippen molar-refractivity contribution in [3.8, 4) is 0 Å². The Labute approximate surface area is 116 Å². The summed E-state index contributed by atoms with van der Waals surface area (Å²) in [5.41, 5.74) is 3.78. The van der Waals surface area contributed by atoms with Crippen LogP contribution in [0.1, 0.15) is 19.3 Å². The molecule has 1 fully saturated rings. The summed E-state index contributed by atoms with van der Waals surface area (Å²) >= 11 is 1.88. The molecule has 2 rings (SSSR count). The minimum absolute atomic E-state index is 0.0392. The second kappa shape index (κ2) is 6.12. The number of benzene rings is 1. The number of hydrazine groups is 1. The Morgan fingerprint density at radius 3 is 2.68 bits per heavy atom. The topological polar surface area (TPSA) is 93.2 Å². The Balaban J connectivity index is 2.11. The van der Waals surface area contributed by atoms with Gasteiger partial charge in [-0.25, -0.2) is 0 Å². The van der Waals surface area contributed by atoms with Crippen LogP contribution < -0.4 is 16.6 Å². The van der Waals surface area contributed by atoms with Gasteiger partial charge in [-0.05, 0) is 31.6 Å². The van der Waals surface area contributed by atoms with Gasteiger partial charge in [0.05, 0.1) is 10.6 Å². The molecular weight excluding hydrogens is 264 g/mol. The molecule has 7 heteroatoms. The van der Waals surface area contributed by atoms with Crippen molar-refractivity contribution in [2.24, 2.45) is 5.84 Å². The van der Waals surface area contributed by atoms with Crippen LogP contribution >= 0.6 is 11.8 Å². The van der Waals surface area contributed by atoms with Gasteiger partial charge in [0.15, 0.2) is 0 Å². The molecule has 0 spiro atoms. The van der Waals surface area contributed by atoms with Crippen molar-refractivity contribution in [2.75, 3.05) is 17.0 Å². The zero-order chi connectivity index (χ0) is 13.8. The van der Waals surface area contributed by atoms with Gasteiger partial charge < -0.3 is 10.7 Å². The molecule has 1 aromatic rings. The highest BCUT2D eigenvalue weighted by Gasteiger charge is 2.24. The molecule has 1 aromatic carbocycles. The summed E-state index contributed by atoms with van der Waals surface area (Å²) in [4.78, 5) is 10.5. The predicted octanol–water partition coefficient (Wildman–Crippen LogP) is 2.58. The number of anilines is 2. The van der Waals surface area contributed by atoms with Gasteiger partial charge in [-0.1, -0.05) is 0 Å². The molecule has 1 aliphatic rings. The first-order valence-corrected chi connectivity index (χ1v) is 7.46. The van der Waals surface area contributed by atoms with Gasteiger partial charge in [-0.15, -0.1) is 0 Å². The monoisotopic (exact) mass is 282 g/mol. The SMILES string of the molecule is CSC1CCC(Nc2cc(NN)cc([N+](=O)[O-])c2)C1. The van der Waals surface area contributed by atoms with Crippen LogP contribution in [0.5, 0.6) is 0 Å². The van der Waals surface area contributed by atoms with Crippen LogP contribution in [0.15, 0.2) is 18.2 Å². The summed E-state index contributed by atoms with van der Waals surface area (Å²) in [6.45, 7) is 0. The van der Waals surface area contributed by atoms with Crippen molar-refractivity contribution < 1.29 is 4.92 Å². The first-order valence-electron chi connectivity index (χ1n) is 6.18. The molecule has 0 saturated heterocycles. The van der Waals surface area contributed by atoms with Crippen LogP contribution in [0.3, 0.4) is 0 Å². The van der Waals surface area contributed by atoms with Gasteiger partial charge in [0.1, 0.15) is 0 Å². The second-order valence-electron chi connectivity index (χ2n) is 4.68. The molecule has 19 heavy (non-hydrogen) atoms. The summed E-state index contributed by atoms with van der Waals surface area (Å²) < 4.78 is 0. The number of nitro groups is 1. The molecule has 1 aliphatic carbocycles. The summed E-state index contributed by atoms with van der Waals surface area (Å²) in [6.07, 6.45) is 5.50. The summed E-state index contributed by atoms with van der Waals surface area (Å²) in [5, 5.41) is 14.9. The first kappa shape index (κ1) is 14.0. The van der Waals surface area contributed by atoms with Gasteiger partial charge in [0, 0.05) is 29.1 Å². The number of hydrogen-bond donors (Lipinski definition) is 3. The van der Waals surface area contributed by atoms with Crippen LogP contribution in [0.4, 0.5) is 17.1 Å². The number of non-ortho nitro benzene ring substituents is 1. The van der Waals surface area contributed by atoms with Crippen molar-refractivity contribution in [3.05, 3.63) is 28.3 Å². The van der Waals surface area contributed by atoms with Gasteiger partial charge in [-0.2, -0.15) is 11.8 Å². The molecule has 0 radical (unpaired) electrons. The summed E-state index contributed by atoms with van der Waals surface area (Å²) in [7, 11) is 0. The predicted molar refractivity (Wildman–Crippen MR) is 79.5 cm³/mol. The number of hydrogen-bond acceptors (Lipinski definition) is 6. The van der Waals surface area contributed by atoms with Gasteiger partial charge in [0.25, 0.3) is 5.69 Å². The van der Waals surface area contributed by atoms with Crippen LogP contribution in [-0.4, -0.2) is 22.5 Å². The van der Waals surface area contributed by atoms with E-state index in [1.54, 1.807) is 12.1 Å². The molecule has 0 amide bonds. The van der Waals surface area contributed by atoms with E-state index in [1.807, 2.05) is 11.8 Å². The van der Waals surface area contributed by atoms with E-state index in [2.05, 4.69) is 17.0 Å². The van der Waals surface area contributed by atoms with E-state index in [0.29, 0.717) is 17.0 Å². The number of nitrogens with one attached hydrogen (secondary N) is 2. The summed E-state index contributed by atoms with van der Waals surface area (Å²) in [6, 6.07) is 5.14. The van der Waals surface area contributed by atoms with Gasteiger partial charge in [-0.3, -0.25) is 16.0 Å². The molecule has 0 aliphatic heterocycles. The third kappa shape index (κ3) is 3.51. The third-order valence-corrected chi connectivity index (χ3v) is 4.48. The fourth-order valence-corrected chi connectivity index (χ4v) is 3.20. The quantitative estimate of drug-likeness (QED) is 0.436. The Morgan fingerprint density at radius 2 is 2.11 bits per heavy atom. The zero-order valence-corrected chi connectivity index (χ0v) is 11.6. The molecule has 104 valence electrons. The van der Waals surface area contributed by atoms with Crippen molar-refractivity contribution in [2.45, 2.75) is 30.6 Å². The lowest BCUT2D eigenvalue weighted by atomic mass is 10.2. The normalized spacial score (nSPS) is 22.2. The van der Waals surface area contributed by atoms with E-state index in [-0.39, 0.29) is 5.69 Å². The van der Waals surface area contributed by atoms with Gasteiger partial charge >= 0.3 is 0 Å². The van der Waals surface area contributed by atoms with E-state index in [0.717, 1.165) is 18.5 Å². The Kier molecular flexibility index (Phi) is 4.49. The molecular formula is C12H18N4O2S. The summed E-state index contributed by atoms with van der Waals surface area (Å²) in [5.74, 6) is 5.34. The molecule has 4 N–H and O–H groups in total. The lowest BCUT2D eigenvalue weighted by molar-refractivity contribution is -0.384. The van der Waals surface area contributed by atoms with E-state index in [1.165, 1.54) is 12.5 Å². The number of nitrogens with zero attached hydrogens (tertiary/aromatic N) is 1. The Hall–Kier alpha value is -1.47. The fraction of sp³-hybridized carbons (Fsp3) is 0.500. The smallest absolute Gasteiger partial charge is 0.273 e. The highest BCUT2D eigenvalue weighted by atomic mass is 32.2. The Bertz CT molecular complexity index is 469. The van der Waals surface area contributed by atoms with Crippen molar-refractivity contribution in [1.82, 2.24) is 0 Å². The Morgan fingerprint density at radius 1 is 1.37 bits per heavy atom. The molecule has 6 nitrogen and oxygen atoms in total. The molecule has 1 saturated carbocycles. The van der Waals surface area contributed by atoms with Crippen LogP contribution in [0, 0.1) is 10.1 Å². The van der Waals surface area contributed by atoms with E-state index in [4.69, 9.17) is 5.84 Å². The van der Waals surface area contributed by atoms with Crippen LogP contribution in [-0.2, 0) is 0 Å². The lowest BCUT2D eigenvalue weighted by Crippen LogP contribution is -2.16. The maximum Gasteiger partial charge on any atom is 0.273 e. The van der Waals surface area contributed by atoms with E-state index >= 15 is 0 Å². The molecule has 0 aromatic heterocycles. The average Bonchev–Trinajstić information content (AvgIpc) is 2.85. The van der Waals surface area contributed by atoms with Gasteiger partial charge in [0.2, 0.25) is 0 Å². The number of nitrogen functional groups attached to an aromatic ring is 1. The molecule has 0 heterocycles. The van der Waals surface area contributed by atoms with Crippen LogP contribution in [0.25, 0.3) is 0 Å². The zero-order valence-electron chi connectivity index (χ0n) is 10.8. The van der Waals surface area contributed by atoms with Crippen LogP contribution in [0.2, 0.25) is 0 Å². The minimum Gasteiger partial charge on any atom is -0.382 e. The fourth-order valence-electron chi connectivity index (χ4n) is 2.40. The highest BCUT2D eigenvalue weighted by Crippen LogP contribution is 2.32. The first-order chi connectivity index (χ1) is 9.12. The number of nitrogens with two attached hydrogens (primary N) is 1. The molecule has 0 bridgehead atoms. The van der Waals surface area contributed by atoms with Crippen molar-refractivity contribution in [3.63, 3.8) is 0 Å². The largest absolute Gasteiger partial charge is 0.382 e. The standard InChI is InChI=1S/C12H18N4O2S/c1-19-12-3-2-8(7-12)14-9-4-10(15-13)6-11(5-9)16(17)18/h4-6,8,12,14-15H,2-3,7,13H2,1H3. The van der Waals surface area contributed by atoms with E-state index in [9.17, 15) is 10.1 Å². The maximum absolute atomic E-state index is 10.9. The number of rotatable bonds is 5. The molecule has 2 atom stereocenters. The third-order valence-electron chi connectivity index (χ3n) is 3.38. The average molecular weight is 282 g/mol. The number of nitro benzene ring substituents is 1. The molecule has 2 unspecified atom stereocenters. The second-order valence-corrected chi connectivity index (χ2v) is 5.82. The number of thioether (sulfide) groups is 1. The minimum atomic E-state index is -0.411. The highest BCUT2D eigenvalue weighted by molar-refractivity contribution is 7.99. The van der Waals surface area contributed by atoms with E-state index < -0.39 is 4.92 Å². The lowest BCUT2D eigenvalue weighted by Gasteiger charge is -2.15. The van der Waals surface area contributed by atoms with Crippen molar-refractivity contribution >= 4 is 28.8 Å². The van der Waals surface area contributed by atoms with Crippen molar-refractivity contribution in [1.29, 1.82) is 0 Å².